The molecule has 0 spiro atoms. The molecule has 0 saturated carbocycles. The molecule has 0 atom stereocenters. The molecule has 1 aliphatic heterocycles. The minimum atomic E-state index is -0.379. The molecular formula is C38H38B2O2. The summed E-state index contributed by atoms with van der Waals surface area (Å²) >= 11 is 0. The Morgan fingerprint density at radius 1 is 0.500 bits per heavy atom. The van der Waals surface area contributed by atoms with Crippen molar-refractivity contribution in [3.8, 4) is 22.3 Å². The molecule has 5 aromatic carbocycles. The molecule has 0 N–H and O–H groups in total. The summed E-state index contributed by atoms with van der Waals surface area (Å²) in [6.07, 6.45) is 0. The zero-order valence-electron chi connectivity index (χ0n) is 25.5. The van der Waals surface area contributed by atoms with Crippen molar-refractivity contribution >= 4 is 35.7 Å². The van der Waals surface area contributed by atoms with Crippen LogP contribution in [-0.4, -0.2) is 25.0 Å². The van der Waals surface area contributed by atoms with E-state index in [1.165, 1.54) is 49.8 Å². The van der Waals surface area contributed by atoms with E-state index in [0.29, 0.717) is 0 Å². The number of aryl methyl sites for hydroxylation is 2. The number of benzene rings is 5. The third-order valence-corrected chi connectivity index (χ3v) is 9.13. The summed E-state index contributed by atoms with van der Waals surface area (Å²) in [6, 6.07) is 43.8. The zero-order chi connectivity index (χ0) is 29.5. The second kappa shape index (κ2) is 11.1. The van der Waals surface area contributed by atoms with Crippen LogP contribution in [0, 0.1) is 13.8 Å². The fourth-order valence-electron chi connectivity index (χ4n) is 6.10. The van der Waals surface area contributed by atoms with Crippen molar-refractivity contribution in [2.24, 2.45) is 0 Å². The highest BCUT2D eigenvalue weighted by molar-refractivity contribution is 6.96. The van der Waals surface area contributed by atoms with E-state index in [1.54, 1.807) is 0 Å². The normalized spacial score (nSPS) is 15.5. The van der Waals surface area contributed by atoms with Crippen LogP contribution < -0.4 is 21.9 Å². The number of hydrogen-bond donors (Lipinski definition) is 0. The van der Waals surface area contributed by atoms with Gasteiger partial charge in [-0.05, 0) is 69.3 Å². The molecule has 1 aliphatic rings. The van der Waals surface area contributed by atoms with Gasteiger partial charge in [-0.2, -0.15) is 0 Å². The highest BCUT2D eigenvalue weighted by Crippen LogP contribution is 2.36. The second-order valence-corrected chi connectivity index (χ2v) is 12.6. The van der Waals surface area contributed by atoms with Crippen molar-refractivity contribution in [3.05, 3.63) is 132 Å². The summed E-state index contributed by atoms with van der Waals surface area (Å²) in [7, 11) is -0.379. The molecule has 0 bridgehead atoms. The van der Waals surface area contributed by atoms with Gasteiger partial charge in [-0.15, -0.1) is 0 Å². The van der Waals surface area contributed by atoms with Crippen LogP contribution in [0.3, 0.4) is 0 Å². The van der Waals surface area contributed by atoms with Gasteiger partial charge in [0.25, 0.3) is 0 Å². The van der Waals surface area contributed by atoms with Crippen LogP contribution >= 0.6 is 0 Å². The minimum Gasteiger partial charge on any atom is -0.399 e. The van der Waals surface area contributed by atoms with Crippen LogP contribution in [-0.2, 0) is 9.31 Å². The molecular weight excluding hydrogens is 510 g/mol. The molecule has 1 saturated heterocycles. The molecule has 0 amide bonds. The highest BCUT2D eigenvalue weighted by atomic mass is 16.7. The first kappa shape index (κ1) is 28.3. The summed E-state index contributed by atoms with van der Waals surface area (Å²) in [5, 5.41) is 0. The Kier molecular flexibility index (Phi) is 7.47. The van der Waals surface area contributed by atoms with Gasteiger partial charge < -0.3 is 9.31 Å². The third kappa shape index (κ3) is 5.38. The van der Waals surface area contributed by atoms with E-state index in [1.807, 2.05) is 0 Å². The monoisotopic (exact) mass is 548 g/mol. The summed E-state index contributed by atoms with van der Waals surface area (Å²) in [5.41, 5.74) is 11.6. The topological polar surface area (TPSA) is 18.5 Å². The Labute approximate surface area is 252 Å². The van der Waals surface area contributed by atoms with Crippen LogP contribution in [0.25, 0.3) is 22.3 Å². The molecule has 42 heavy (non-hydrogen) atoms. The molecule has 4 heteroatoms. The first-order chi connectivity index (χ1) is 20.1. The molecule has 0 aliphatic carbocycles. The van der Waals surface area contributed by atoms with Gasteiger partial charge in [-0.3, -0.25) is 0 Å². The van der Waals surface area contributed by atoms with Gasteiger partial charge in [0.2, 0.25) is 6.71 Å². The number of hydrogen-bond acceptors (Lipinski definition) is 2. The van der Waals surface area contributed by atoms with Gasteiger partial charge in [0.05, 0.1) is 11.2 Å². The lowest BCUT2D eigenvalue weighted by molar-refractivity contribution is 0.00578. The van der Waals surface area contributed by atoms with E-state index in [4.69, 9.17) is 9.31 Å². The summed E-state index contributed by atoms with van der Waals surface area (Å²) < 4.78 is 12.8. The Morgan fingerprint density at radius 2 is 0.857 bits per heavy atom. The average molecular weight is 548 g/mol. The Morgan fingerprint density at radius 3 is 1.24 bits per heavy atom. The van der Waals surface area contributed by atoms with Gasteiger partial charge >= 0.3 is 7.12 Å². The fourth-order valence-corrected chi connectivity index (χ4v) is 6.10. The predicted molar refractivity (Wildman–Crippen MR) is 180 cm³/mol. The van der Waals surface area contributed by atoms with E-state index in [2.05, 4.69) is 163 Å². The summed E-state index contributed by atoms with van der Waals surface area (Å²) in [5.74, 6) is 0. The number of rotatable bonds is 6. The third-order valence-electron chi connectivity index (χ3n) is 9.13. The molecule has 6 rings (SSSR count). The smallest absolute Gasteiger partial charge is 0.399 e. The van der Waals surface area contributed by atoms with Crippen molar-refractivity contribution in [2.45, 2.75) is 52.7 Å². The summed E-state index contributed by atoms with van der Waals surface area (Å²) in [4.78, 5) is 0. The first-order valence-electron chi connectivity index (χ1n) is 14.9. The largest absolute Gasteiger partial charge is 0.494 e. The van der Waals surface area contributed by atoms with E-state index in [-0.39, 0.29) is 25.0 Å². The fraction of sp³-hybridized carbons (Fsp3) is 0.211. The lowest BCUT2D eigenvalue weighted by Gasteiger charge is -2.32. The van der Waals surface area contributed by atoms with Gasteiger partial charge in [0.15, 0.2) is 0 Å². The van der Waals surface area contributed by atoms with E-state index >= 15 is 0 Å². The Bertz CT molecular complexity index is 1550. The van der Waals surface area contributed by atoms with Crippen molar-refractivity contribution < 1.29 is 9.31 Å². The van der Waals surface area contributed by atoms with Crippen LogP contribution in [0.1, 0.15) is 38.8 Å². The van der Waals surface area contributed by atoms with Crippen LogP contribution in [0.2, 0.25) is 0 Å². The van der Waals surface area contributed by atoms with E-state index < -0.39 is 0 Å². The molecule has 0 aromatic heterocycles. The molecule has 0 unspecified atom stereocenters. The lowest BCUT2D eigenvalue weighted by atomic mass is 9.35. The van der Waals surface area contributed by atoms with Crippen molar-refractivity contribution in [1.29, 1.82) is 0 Å². The molecule has 2 nitrogen and oxygen atoms in total. The first-order valence-corrected chi connectivity index (χ1v) is 14.9. The lowest BCUT2D eigenvalue weighted by Crippen LogP contribution is -2.54. The summed E-state index contributed by atoms with van der Waals surface area (Å²) in [6.45, 7) is 13.0. The maximum Gasteiger partial charge on any atom is 0.494 e. The Hall–Kier alpha value is -3.85. The average Bonchev–Trinajstić information content (AvgIpc) is 3.22. The molecule has 0 radical (unpaired) electrons. The van der Waals surface area contributed by atoms with Gasteiger partial charge in [-0.1, -0.05) is 149 Å². The van der Waals surface area contributed by atoms with Crippen molar-refractivity contribution in [3.63, 3.8) is 0 Å². The molecule has 1 fully saturated rings. The maximum atomic E-state index is 6.42. The van der Waals surface area contributed by atoms with Crippen molar-refractivity contribution in [2.75, 3.05) is 0 Å². The molecule has 208 valence electrons. The zero-order valence-corrected chi connectivity index (χ0v) is 25.5. The van der Waals surface area contributed by atoms with Gasteiger partial charge in [0.1, 0.15) is 0 Å². The standard InChI is InChI=1S/C38H38B2O2/c1-27-25-35(40-41-37(3,4)38(5,6)42-40)26-28(2)36(27)39(33-21-17-31(18-22-33)29-13-9-7-10-14-29)34-23-19-32(20-24-34)30-15-11-8-12-16-30/h7-26H,1-6H3. The molecule has 1 heterocycles. The van der Waals surface area contributed by atoms with E-state index in [0.717, 1.165) is 5.46 Å². The van der Waals surface area contributed by atoms with Crippen LogP contribution in [0.4, 0.5) is 0 Å². The van der Waals surface area contributed by atoms with Crippen LogP contribution in [0.5, 0.6) is 0 Å². The van der Waals surface area contributed by atoms with E-state index in [9.17, 15) is 0 Å². The van der Waals surface area contributed by atoms with Crippen molar-refractivity contribution in [1.82, 2.24) is 0 Å². The van der Waals surface area contributed by atoms with Gasteiger partial charge in [-0.25, -0.2) is 0 Å². The quantitative estimate of drug-likeness (QED) is 0.227. The highest BCUT2D eigenvalue weighted by Gasteiger charge is 2.51. The SMILES string of the molecule is Cc1cc(B2OC(C)(C)C(C)(C)O2)cc(C)c1B(c1ccc(-c2ccccc2)cc1)c1ccc(-c2ccccc2)cc1. The minimum absolute atomic E-state index is 0.0898. The molecule has 5 aromatic rings. The Balaban J connectivity index is 1.42. The van der Waals surface area contributed by atoms with Crippen LogP contribution in [0.15, 0.2) is 121 Å². The predicted octanol–water partition coefficient (Wildman–Crippen LogP) is 6.45. The second-order valence-electron chi connectivity index (χ2n) is 12.6. The maximum absolute atomic E-state index is 6.42. The van der Waals surface area contributed by atoms with Gasteiger partial charge in [0, 0.05) is 0 Å².